The van der Waals surface area contributed by atoms with Gasteiger partial charge in [0.25, 0.3) is 0 Å². The van der Waals surface area contributed by atoms with Crippen molar-refractivity contribution in [2.24, 2.45) is 0 Å². The Hall–Kier alpha value is -3.00. The molecule has 8 nitrogen and oxygen atoms in total. The lowest BCUT2D eigenvalue weighted by molar-refractivity contribution is -0.124. The van der Waals surface area contributed by atoms with Crippen LogP contribution in [0.5, 0.6) is 17.2 Å². The fourth-order valence-corrected chi connectivity index (χ4v) is 3.97. The van der Waals surface area contributed by atoms with Gasteiger partial charge in [0.05, 0.1) is 6.54 Å². The molecule has 0 saturated carbocycles. The number of benzene rings is 1. The van der Waals surface area contributed by atoms with Crippen molar-refractivity contribution in [1.29, 1.82) is 0 Å². The van der Waals surface area contributed by atoms with Gasteiger partial charge in [0.1, 0.15) is 18.5 Å². The van der Waals surface area contributed by atoms with Gasteiger partial charge in [-0.05, 0) is 31.9 Å². The Balaban J connectivity index is 1.45. The molecular formula is C22H25NO7. The second-order valence-electron chi connectivity index (χ2n) is 7.77. The first-order valence-electron chi connectivity index (χ1n) is 10.0. The first-order valence-corrected chi connectivity index (χ1v) is 10.0. The lowest BCUT2D eigenvalue weighted by Crippen LogP contribution is -2.44. The van der Waals surface area contributed by atoms with Gasteiger partial charge in [-0.25, -0.2) is 0 Å². The highest BCUT2D eigenvalue weighted by molar-refractivity contribution is 5.77. The zero-order valence-electron chi connectivity index (χ0n) is 16.8. The van der Waals surface area contributed by atoms with E-state index in [4.69, 9.17) is 18.6 Å². The van der Waals surface area contributed by atoms with Gasteiger partial charge in [-0.1, -0.05) is 12.1 Å². The molecule has 0 aliphatic carbocycles. The van der Waals surface area contributed by atoms with Crippen molar-refractivity contribution in [1.82, 2.24) is 5.32 Å². The van der Waals surface area contributed by atoms with Gasteiger partial charge >= 0.3 is 0 Å². The van der Waals surface area contributed by atoms with Gasteiger partial charge in [-0.2, -0.15) is 0 Å². The van der Waals surface area contributed by atoms with Crippen LogP contribution in [0.25, 0.3) is 0 Å². The predicted octanol–water partition coefficient (Wildman–Crippen LogP) is 2.05. The third kappa shape index (κ3) is 4.14. The standard InChI is InChI=1S/C22H25NO7/c1-14-10-16(24)20(26)21(29-14)22(6-8-27-9-7-22)11-19(25)23-12-15-13-28-17-4-2-3-5-18(17)30-15/h2-5,10,15,26H,6-9,11-13H2,1H3,(H,23,25). The Kier molecular flexibility index (Phi) is 5.67. The van der Waals surface area contributed by atoms with Crippen LogP contribution in [0.2, 0.25) is 0 Å². The van der Waals surface area contributed by atoms with E-state index >= 15 is 0 Å². The zero-order chi connectivity index (χ0) is 21.1. The van der Waals surface area contributed by atoms with Gasteiger partial charge in [-0.3, -0.25) is 9.59 Å². The Morgan fingerprint density at radius 1 is 1.23 bits per heavy atom. The lowest BCUT2D eigenvalue weighted by atomic mass is 9.74. The molecule has 1 atom stereocenters. The monoisotopic (exact) mass is 415 g/mol. The third-order valence-corrected chi connectivity index (χ3v) is 5.57. The molecule has 8 heteroatoms. The van der Waals surface area contributed by atoms with Crippen LogP contribution in [-0.2, 0) is 14.9 Å². The van der Waals surface area contributed by atoms with Crippen molar-refractivity contribution in [3.05, 3.63) is 52.1 Å². The van der Waals surface area contributed by atoms with Crippen molar-refractivity contribution in [2.75, 3.05) is 26.4 Å². The maximum atomic E-state index is 12.8. The second-order valence-corrected chi connectivity index (χ2v) is 7.77. The molecule has 30 heavy (non-hydrogen) atoms. The molecule has 1 fully saturated rings. The summed E-state index contributed by atoms with van der Waals surface area (Å²) < 4.78 is 22.7. The molecule has 2 aliphatic rings. The van der Waals surface area contributed by atoms with Crippen molar-refractivity contribution < 1.29 is 28.5 Å². The van der Waals surface area contributed by atoms with Crippen molar-refractivity contribution >= 4 is 5.91 Å². The fourth-order valence-electron chi connectivity index (χ4n) is 3.97. The quantitative estimate of drug-likeness (QED) is 0.770. The van der Waals surface area contributed by atoms with Crippen LogP contribution in [0.3, 0.4) is 0 Å². The molecule has 0 spiro atoms. The number of carbonyl (C=O) groups excluding carboxylic acids is 1. The number of rotatable bonds is 5. The Bertz CT molecular complexity index is 978. The summed E-state index contributed by atoms with van der Waals surface area (Å²) in [6.07, 6.45) is 0.702. The minimum Gasteiger partial charge on any atom is -0.502 e. The molecule has 1 aromatic carbocycles. The molecule has 2 aliphatic heterocycles. The number of amides is 1. The van der Waals surface area contributed by atoms with Crippen LogP contribution in [0, 0.1) is 6.92 Å². The number of para-hydroxylation sites is 2. The molecule has 2 N–H and O–H groups in total. The minimum absolute atomic E-state index is 0.0699. The zero-order valence-corrected chi connectivity index (χ0v) is 16.8. The van der Waals surface area contributed by atoms with Crippen molar-refractivity contribution in [2.45, 2.75) is 37.7 Å². The summed E-state index contributed by atoms with van der Waals surface area (Å²) in [4.78, 5) is 24.9. The van der Waals surface area contributed by atoms with Crippen LogP contribution in [0.4, 0.5) is 0 Å². The van der Waals surface area contributed by atoms with Crippen LogP contribution in [0.15, 0.2) is 39.5 Å². The van der Waals surface area contributed by atoms with Gasteiger partial charge in [0.2, 0.25) is 17.1 Å². The Labute approximate surface area is 173 Å². The van der Waals surface area contributed by atoms with E-state index in [1.54, 1.807) is 6.92 Å². The number of nitrogens with one attached hydrogen (secondary N) is 1. The lowest BCUT2D eigenvalue weighted by Gasteiger charge is -2.36. The molecule has 1 amide bonds. The molecular weight excluding hydrogens is 390 g/mol. The summed E-state index contributed by atoms with van der Waals surface area (Å²) >= 11 is 0. The molecule has 0 radical (unpaired) electrons. The van der Waals surface area contributed by atoms with E-state index in [-0.39, 0.29) is 30.7 Å². The number of aryl methyl sites for hydroxylation is 1. The normalized spacial score (nSPS) is 19.8. The number of fused-ring (bicyclic) bond motifs is 1. The second kappa shape index (κ2) is 8.39. The average molecular weight is 415 g/mol. The molecule has 0 bridgehead atoms. The number of hydrogen-bond donors (Lipinski definition) is 2. The topological polar surface area (TPSA) is 107 Å². The molecule has 1 saturated heterocycles. The summed E-state index contributed by atoms with van der Waals surface area (Å²) in [5.41, 5.74) is -1.31. The fraction of sp³-hybridized carbons (Fsp3) is 0.455. The number of ether oxygens (including phenoxy) is 3. The van der Waals surface area contributed by atoms with Crippen LogP contribution >= 0.6 is 0 Å². The van der Waals surface area contributed by atoms with E-state index in [1.807, 2.05) is 24.3 Å². The maximum Gasteiger partial charge on any atom is 0.227 e. The van der Waals surface area contributed by atoms with Crippen LogP contribution < -0.4 is 20.2 Å². The summed E-state index contributed by atoms with van der Waals surface area (Å²) in [7, 11) is 0. The van der Waals surface area contributed by atoms with E-state index in [0.29, 0.717) is 49.9 Å². The molecule has 2 aromatic rings. The highest BCUT2D eigenvalue weighted by Crippen LogP contribution is 2.41. The number of aromatic hydroxyl groups is 1. The molecule has 4 rings (SSSR count). The summed E-state index contributed by atoms with van der Waals surface area (Å²) in [6.45, 7) is 3.10. The first-order chi connectivity index (χ1) is 14.5. The molecule has 3 heterocycles. The van der Waals surface area contributed by atoms with E-state index < -0.39 is 16.6 Å². The van der Waals surface area contributed by atoms with E-state index in [2.05, 4.69) is 5.32 Å². The first kappa shape index (κ1) is 20.3. The molecule has 1 unspecified atom stereocenters. The van der Waals surface area contributed by atoms with Crippen molar-refractivity contribution in [3.8, 4) is 17.2 Å². The summed E-state index contributed by atoms with van der Waals surface area (Å²) in [6, 6.07) is 8.63. The van der Waals surface area contributed by atoms with Gasteiger partial charge in [0.15, 0.2) is 17.3 Å². The molecule has 1 aromatic heterocycles. The van der Waals surface area contributed by atoms with E-state index in [9.17, 15) is 14.7 Å². The summed E-state index contributed by atoms with van der Waals surface area (Å²) in [5, 5.41) is 13.3. The highest BCUT2D eigenvalue weighted by Gasteiger charge is 2.42. The largest absolute Gasteiger partial charge is 0.502 e. The molecule has 160 valence electrons. The van der Waals surface area contributed by atoms with Crippen LogP contribution in [-0.4, -0.2) is 43.5 Å². The number of hydrogen-bond acceptors (Lipinski definition) is 7. The number of carbonyl (C=O) groups is 1. The Morgan fingerprint density at radius 3 is 2.73 bits per heavy atom. The average Bonchev–Trinajstić information content (AvgIpc) is 2.75. The maximum absolute atomic E-state index is 12.8. The smallest absolute Gasteiger partial charge is 0.227 e. The van der Waals surface area contributed by atoms with Gasteiger partial charge in [-0.15, -0.1) is 0 Å². The van der Waals surface area contributed by atoms with Crippen LogP contribution in [0.1, 0.15) is 30.8 Å². The minimum atomic E-state index is -0.798. The van der Waals surface area contributed by atoms with Crippen molar-refractivity contribution in [3.63, 3.8) is 0 Å². The highest BCUT2D eigenvalue weighted by atomic mass is 16.6. The third-order valence-electron chi connectivity index (χ3n) is 5.57. The van der Waals surface area contributed by atoms with Gasteiger partial charge < -0.3 is 29.1 Å². The summed E-state index contributed by atoms with van der Waals surface area (Å²) in [5.74, 6) is 1.24. The Morgan fingerprint density at radius 2 is 1.97 bits per heavy atom. The van der Waals surface area contributed by atoms with Gasteiger partial charge in [0, 0.05) is 31.1 Å². The van der Waals surface area contributed by atoms with E-state index in [1.165, 1.54) is 6.07 Å². The SMILES string of the molecule is Cc1cc(=O)c(O)c(C2(CC(=O)NCC3COc4ccccc4O3)CCOCC2)o1. The van der Waals surface area contributed by atoms with E-state index in [0.717, 1.165) is 0 Å². The predicted molar refractivity (Wildman–Crippen MR) is 107 cm³/mol.